The summed E-state index contributed by atoms with van der Waals surface area (Å²) >= 11 is 0. The average Bonchev–Trinajstić information content (AvgIpc) is 2.29. The largest absolute Gasteiger partial charge is 0.478 e. The first-order chi connectivity index (χ1) is 7.99. The first-order valence-electron chi connectivity index (χ1n) is 5.65. The van der Waals surface area contributed by atoms with E-state index in [1.54, 1.807) is 25.3 Å². The summed E-state index contributed by atoms with van der Waals surface area (Å²) < 4.78 is 0. The normalized spacial score (nSPS) is 19.1. The lowest BCUT2D eigenvalue weighted by Gasteiger charge is -2.36. The van der Waals surface area contributed by atoms with Crippen molar-refractivity contribution in [2.45, 2.75) is 25.4 Å². The third kappa shape index (κ3) is 2.55. The number of hydrogen-bond acceptors (Lipinski definition) is 4. The summed E-state index contributed by atoms with van der Waals surface area (Å²) in [6.07, 6.45) is 2.85. The van der Waals surface area contributed by atoms with Gasteiger partial charge < -0.3 is 15.1 Å². The minimum Gasteiger partial charge on any atom is -0.478 e. The van der Waals surface area contributed by atoms with Gasteiger partial charge in [0, 0.05) is 19.3 Å². The Morgan fingerprint density at radius 1 is 1.47 bits per heavy atom. The van der Waals surface area contributed by atoms with Gasteiger partial charge in [0.1, 0.15) is 11.4 Å². The van der Waals surface area contributed by atoms with Gasteiger partial charge in [-0.2, -0.15) is 0 Å². The zero-order valence-electron chi connectivity index (χ0n) is 9.76. The monoisotopic (exact) mass is 236 g/mol. The summed E-state index contributed by atoms with van der Waals surface area (Å²) in [4.78, 5) is 17.1. The van der Waals surface area contributed by atoms with E-state index in [0.29, 0.717) is 31.7 Å². The van der Waals surface area contributed by atoms with E-state index in [2.05, 4.69) is 4.98 Å². The summed E-state index contributed by atoms with van der Waals surface area (Å²) in [7, 11) is 0. The molecule has 5 heteroatoms. The van der Waals surface area contributed by atoms with Gasteiger partial charge >= 0.3 is 5.97 Å². The summed E-state index contributed by atoms with van der Waals surface area (Å²) in [6.45, 7) is 3.06. The molecule has 0 bridgehead atoms. The van der Waals surface area contributed by atoms with Gasteiger partial charge in [0.05, 0.1) is 5.60 Å². The molecular formula is C12H16N2O3. The molecule has 0 atom stereocenters. The molecule has 0 aliphatic carbocycles. The van der Waals surface area contributed by atoms with Crippen molar-refractivity contribution in [2.24, 2.45) is 0 Å². The first-order valence-corrected chi connectivity index (χ1v) is 5.65. The summed E-state index contributed by atoms with van der Waals surface area (Å²) in [5.41, 5.74) is -0.427. The molecule has 2 heterocycles. The van der Waals surface area contributed by atoms with Crippen LogP contribution in [0.25, 0.3) is 0 Å². The summed E-state index contributed by atoms with van der Waals surface area (Å²) in [6, 6.07) is 3.17. The Bertz CT molecular complexity index is 422. The predicted octanol–water partition coefficient (Wildman–Crippen LogP) is 1.13. The Kier molecular flexibility index (Phi) is 3.02. The Balaban J connectivity index is 2.21. The van der Waals surface area contributed by atoms with Crippen LogP contribution in [0, 0.1) is 0 Å². The lowest BCUT2D eigenvalue weighted by atomic mass is 9.93. The quantitative estimate of drug-likeness (QED) is 0.805. The SMILES string of the molecule is CC1(O)CCN(c2ncccc2C(=O)O)CC1. The number of rotatable bonds is 2. The smallest absolute Gasteiger partial charge is 0.339 e. The van der Waals surface area contributed by atoms with Gasteiger partial charge in [0.15, 0.2) is 0 Å². The molecule has 1 saturated heterocycles. The van der Waals surface area contributed by atoms with Crippen molar-refractivity contribution >= 4 is 11.8 Å². The highest BCUT2D eigenvalue weighted by molar-refractivity contribution is 5.93. The van der Waals surface area contributed by atoms with Crippen LogP contribution in [0.3, 0.4) is 0 Å². The lowest BCUT2D eigenvalue weighted by Crippen LogP contribution is -2.43. The fourth-order valence-electron chi connectivity index (χ4n) is 2.02. The molecule has 0 radical (unpaired) electrons. The first kappa shape index (κ1) is 11.9. The van der Waals surface area contributed by atoms with Crippen LogP contribution in [0.5, 0.6) is 0 Å². The standard InChI is InChI=1S/C12H16N2O3/c1-12(17)4-7-14(8-5-12)10-9(11(15)16)3-2-6-13-10/h2-3,6,17H,4-5,7-8H2,1H3,(H,15,16). The molecule has 5 nitrogen and oxygen atoms in total. The van der Waals surface area contributed by atoms with E-state index in [4.69, 9.17) is 5.11 Å². The molecule has 2 N–H and O–H groups in total. The number of carboxylic acid groups (broad SMARTS) is 1. The highest BCUT2D eigenvalue weighted by atomic mass is 16.4. The van der Waals surface area contributed by atoms with Gasteiger partial charge in [-0.3, -0.25) is 0 Å². The van der Waals surface area contributed by atoms with Crippen LogP contribution < -0.4 is 4.90 Å². The van der Waals surface area contributed by atoms with Crippen LogP contribution in [-0.2, 0) is 0 Å². The lowest BCUT2D eigenvalue weighted by molar-refractivity contribution is 0.0350. The molecule has 0 saturated carbocycles. The predicted molar refractivity (Wildman–Crippen MR) is 63.3 cm³/mol. The number of nitrogens with zero attached hydrogens (tertiary/aromatic N) is 2. The Morgan fingerprint density at radius 2 is 2.12 bits per heavy atom. The number of anilines is 1. The van der Waals surface area contributed by atoms with Crippen molar-refractivity contribution < 1.29 is 15.0 Å². The van der Waals surface area contributed by atoms with Crippen molar-refractivity contribution in [3.05, 3.63) is 23.9 Å². The second-order valence-electron chi connectivity index (χ2n) is 4.66. The van der Waals surface area contributed by atoms with E-state index in [9.17, 15) is 9.90 Å². The maximum atomic E-state index is 11.1. The molecule has 0 spiro atoms. The van der Waals surface area contributed by atoms with E-state index >= 15 is 0 Å². The fourth-order valence-corrected chi connectivity index (χ4v) is 2.02. The number of aromatic nitrogens is 1. The molecule has 1 fully saturated rings. The number of hydrogen-bond donors (Lipinski definition) is 2. The number of aromatic carboxylic acids is 1. The van der Waals surface area contributed by atoms with Crippen LogP contribution in [0.2, 0.25) is 0 Å². The van der Waals surface area contributed by atoms with Gasteiger partial charge in [-0.25, -0.2) is 9.78 Å². The molecule has 1 aliphatic heterocycles. The van der Waals surface area contributed by atoms with Crippen LogP contribution in [0.4, 0.5) is 5.82 Å². The molecule has 0 amide bonds. The second-order valence-corrected chi connectivity index (χ2v) is 4.66. The van der Waals surface area contributed by atoms with Gasteiger partial charge in [-0.15, -0.1) is 0 Å². The molecular weight excluding hydrogens is 220 g/mol. The van der Waals surface area contributed by atoms with Crippen molar-refractivity contribution in [1.82, 2.24) is 4.98 Å². The minimum atomic E-state index is -0.967. The van der Waals surface area contributed by atoms with Gasteiger partial charge in [-0.05, 0) is 31.9 Å². The zero-order chi connectivity index (χ0) is 12.5. The number of aliphatic hydroxyl groups is 1. The number of carbonyl (C=O) groups is 1. The van der Waals surface area contributed by atoms with E-state index in [0.717, 1.165) is 0 Å². The van der Waals surface area contributed by atoms with Crippen LogP contribution in [0.15, 0.2) is 18.3 Å². The van der Waals surface area contributed by atoms with Crippen molar-refractivity contribution in [2.75, 3.05) is 18.0 Å². The van der Waals surface area contributed by atoms with Crippen molar-refractivity contribution in [3.8, 4) is 0 Å². The summed E-state index contributed by atoms with van der Waals surface area (Å²) in [5.74, 6) is -0.471. The molecule has 92 valence electrons. The maximum absolute atomic E-state index is 11.1. The topological polar surface area (TPSA) is 73.7 Å². The molecule has 0 aromatic carbocycles. The molecule has 1 aromatic heterocycles. The molecule has 2 rings (SSSR count). The van der Waals surface area contributed by atoms with Gasteiger partial charge in [0.2, 0.25) is 0 Å². The van der Waals surface area contributed by atoms with E-state index in [1.165, 1.54) is 0 Å². The van der Waals surface area contributed by atoms with E-state index in [1.807, 2.05) is 4.90 Å². The average molecular weight is 236 g/mol. The maximum Gasteiger partial charge on any atom is 0.339 e. The third-order valence-electron chi connectivity index (χ3n) is 3.16. The number of carboxylic acids is 1. The zero-order valence-corrected chi connectivity index (χ0v) is 9.76. The van der Waals surface area contributed by atoms with Crippen molar-refractivity contribution in [3.63, 3.8) is 0 Å². The third-order valence-corrected chi connectivity index (χ3v) is 3.16. The molecule has 1 aliphatic rings. The number of piperidine rings is 1. The number of pyridine rings is 1. The fraction of sp³-hybridized carbons (Fsp3) is 0.500. The van der Waals surface area contributed by atoms with Crippen LogP contribution in [-0.4, -0.2) is 39.9 Å². The van der Waals surface area contributed by atoms with Crippen LogP contribution in [0.1, 0.15) is 30.1 Å². The Morgan fingerprint density at radius 3 is 2.71 bits per heavy atom. The second kappa shape index (κ2) is 4.33. The van der Waals surface area contributed by atoms with Crippen LogP contribution >= 0.6 is 0 Å². The van der Waals surface area contributed by atoms with Gasteiger partial charge in [0.25, 0.3) is 0 Å². The van der Waals surface area contributed by atoms with Crippen molar-refractivity contribution in [1.29, 1.82) is 0 Å². The Hall–Kier alpha value is -1.62. The van der Waals surface area contributed by atoms with E-state index in [-0.39, 0.29) is 5.56 Å². The van der Waals surface area contributed by atoms with Gasteiger partial charge in [-0.1, -0.05) is 0 Å². The highest BCUT2D eigenvalue weighted by Gasteiger charge is 2.29. The summed E-state index contributed by atoms with van der Waals surface area (Å²) in [5, 5.41) is 18.9. The highest BCUT2D eigenvalue weighted by Crippen LogP contribution is 2.26. The minimum absolute atomic E-state index is 0.217. The Labute approximate surface area is 99.7 Å². The van der Waals surface area contributed by atoms with E-state index < -0.39 is 11.6 Å². The molecule has 0 unspecified atom stereocenters. The molecule has 17 heavy (non-hydrogen) atoms. The molecule has 1 aromatic rings.